The van der Waals surface area contributed by atoms with E-state index < -0.39 is 0 Å². The monoisotopic (exact) mass is 139 g/mol. The molecule has 1 aromatic heterocycles. The van der Waals surface area contributed by atoms with Crippen molar-refractivity contribution in [2.75, 3.05) is 0 Å². The van der Waals surface area contributed by atoms with Gasteiger partial charge in [-0.25, -0.2) is 0 Å². The third-order valence-corrected chi connectivity index (χ3v) is 2.05. The maximum atomic E-state index is 9.17. The molecule has 2 bridgehead atoms. The molecular weight excluding hydrogens is 130 g/mol. The molecule has 2 heterocycles. The number of aromatic hydroxyl groups is 2. The Bertz CT molecular complexity index is 277. The van der Waals surface area contributed by atoms with Crippen molar-refractivity contribution >= 4 is 0 Å². The minimum absolute atomic E-state index is 0.0353. The molecule has 0 aliphatic carbocycles. The minimum atomic E-state index is 0.0353. The van der Waals surface area contributed by atoms with Crippen LogP contribution in [-0.4, -0.2) is 15.2 Å². The summed E-state index contributed by atoms with van der Waals surface area (Å²) < 4.78 is 0. The highest BCUT2D eigenvalue weighted by Crippen LogP contribution is 2.44. The van der Waals surface area contributed by atoms with E-state index >= 15 is 0 Å². The number of aromatic amines is 1. The van der Waals surface area contributed by atoms with Crippen LogP contribution in [-0.2, 0) is 6.42 Å². The van der Waals surface area contributed by atoms with Crippen LogP contribution in [0.15, 0.2) is 0 Å². The summed E-state index contributed by atoms with van der Waals surface area (Å²) in [4.78, 5) is 2.94. The summed E-state index contributed by atoms with van der Waals surface area (Å²) >= 11 is 0. The third-order valence-electron chi connectivity index (χ3n) is 2.05. The van der Waals surface area contributed by atoms with Crippen molar-refractivity contribution in [3.05, 3.63) is 11.4 Å². The van der Waals surface area contributed by atoms with Crippen molar-refractivity contribution < 1.29 is 10.2 Å². The summed E-state index contributed by atoms with van der Waals surface area (Å²) in [7, 11) is 0. The van der Waals surface area contributed by atoms with Gasteiger partial charge in [0.05, 0.1) is 11.4 Å². The second-order valence-corrected chi connectivity index (χ2v) is 2.82. The Morgan fingerprint density at radius 2 is 2.10 bits per heavy atom. The van der Waals surface area contributed by atoms with Crippen molar-refractivity contribution in [2.24, 2.45) is 0 Å². The first-order valence-corrected chi connectivity index (χ1v) is 3.33. The number of aromatic nitrogens is 1. The predicted molar refractivity (Wildman–Crippen MR) is 36.2 cm³/mol. The number of H-pyrrole nitrogens is 1. The van der Waals surface area contributed by atoms with Gasteiger partial charge in [-0.15, -0.1) is 0 Å². The van der Waals surface area contributed by atoms with Crippen molar-refractivity contribution in [3.8, 4) is 11.5 Å². The third kappa shape index (κ3) is 0.454. The largest absolute Gasteiger partial charge is 0.503 e. The lowest BCUT2D eigenvalue weighted by molar-refractivity contribution is 0.391. The van der Waals surface area contributed by atoms with Gasteiger partial charge < -0.3 is 15.2 Å². The van der Waals surface area contributed by atoms with E-state index in [0.717, 1.165) is 17.8 Å². The summed E-state index contributed by atoms with van der Waals surface area (Å²) in [6, 6.07) is 0. The Labute approximate surface area is 58.3 Å². The Kier molecular flexibility index (Phi) is 0.836. The molecule has 1 aliphatic heterocycles. The van der Waals surface area contributed by atoms with Crippen LogP contribution in [0.5, 0.6) is 11.5 Å². The maximum Gasteiger partial charge on any atom is 0.179 e. The molecule has 0 radical (unpaired) electrons. The highest BCUT2D eigenvalue weighted by Gasteiger charge is 2.27. The Morgan fingerprint density at radius 1 is 1.40 bits per heavy atom. The summed E-state index contributed by atoms with van der Waals surface area (Å²) in [6.45, 7) is 2.01. The van der Waals surface area contributed by atoms with Crippen LogP contribution in [0.2, 0.25) is 0 Å². The van der Waals surface area contributed by atoms with Crippen molar-refractivity contribution in [1.29, 1.82) is 0 Å². The van der Waals surface area contributed by atoms with Crippen LogP contribution < -0.4 is 0 Å². The zero-order valence-electron chi connectivity index (χ0n) is 5.68. The molecule has 0 amide bonds. The van der Waals surface area contributed by atoms with E-state index in [4.69, 9.17) is 10.2 Å². The number of nitrogens with one attached hydrogen (secondary N) is 1. The van der Waals surface area contributed by atoms with E-state index in [0.29, 0.717) is 5.92 Å². The van der Waals surface area contributed by atoms with Crippen LogP contribution in [0.4, 0.5) is 0 Å². The smallest absolute Gasteiger partial charge is 0.179 e. The molecule has 3 nitrogen and oxygen atoms in total. The van der Waals surface area contributed by atoms with Crippen LogP contribution in [0.1, 0.15) is 24.2 Å². The van der Waals surface area contributed by atoms with E-state index in [2.05, 4.69) is 4.98 Å². The molecule has 0 saturated carbocycles. The Morgan fingerprint density at radius 3 is 2.50 bits per heavy atom. The van der Waals surface area contributed by atoms with Gasteiger partial charge in [0.25, 0.3) is 0 Å². The first kappa shape index (κ1) is 5.65. The fraction of sp³-hybridized carbons (Fsp3) is 0.429. The molecule has 1 aromatic rings. The number of hydrogen-bond acceptors (Lipinski definition) is 2. The second-order valence-electron chi connectivity index (χ2n) is 2.82. The predicted octanol–water partition coefficient (Wildman–Crippen LogP) is 1.09. The molecule has 1 unspecified atom stereocenters. The highest BCUT2D eigenvalue weighted by molar-refractivity contribution is 5.52. The zero-order valence-corrected chi connectivity index (χ0v) is 5.68. The fourth-order valence-corrected chi connectivity index (χ4v) is 1.46. The molecule has 1 atom stereocenters. The topological polar surface area (TPSA) is 56.2 Å². The van der Waals surface area contributed by atoms with Crippen LogP contribution >= 0.6 is 0 Å². The van der Waals surface area contributed by atoms with Gasteiger partial charge in [-0.1, -0.05) is 6.92 Å². The molecule has 0 fully saturated rings. The van der Waals surface area contributed by atoms with Crippen LogP contribution in [0.25, 0.3) is 0 Å². The average molecular weight is 139 g/mol. The summed E-state index contributed by atoms with van der Waals surface area (Å²) in [5, 5.41) is 18.3. The Hall–Kier alpha value is -1.12. The van der Waals surface area contributed by atoms with Crippen LogP contribution in [0, 0.1) is 0 Å². The fourth-order valence-electron chi connectivity index (χ4n) is 1.46. The van der Waals surface area contributed by atoms with Crippen molar-refractivity contribution in [2.45, 2.75) is 19.3 Å². The van der Waals surface area contributed by atoms with Gasteiger partial charge in [0, 0.05) is 5.92 Å². The highest BCUT2D eigenvalue weighted by atomic mass is 16.3. The van der Waals surface area contributed by atoms with Crippen LogP contribution in [0.3, 0.4) is 0 Å². The van der Waals surface area contributed by atoms with Gasteiger partial charge in [-0.05, 0) is 6.42 Å². The lowest BCUT2D eigenvalue weighted by atomic mass is 10.0. The maximum absolute atomic E-state index is 9.17. The van der Waals surface area contributed by atoms with E-state index in [-0.39, 0.29) is 11.5 Å². The summed E-state index contributed by atoms with van der Waals surface area (Å²) in [5.74, 6) is 0.410. The summed E-state index contributed by atoms with van der Waals surface area (Å²) in [5.41, 5.74) is 1.53. The SMILES string of the molecule is CC1Cc2[nH]c1c(O)c2O. The molecule has 3 heteroatoms. The molecule has 0 aromatic carbocycles. The van der Waals surface area contributed by atoms with E-state index in [9.17, 15) is 0 Å². The van der Waals surface area contributed by atoms with Gasteiger partial charge >= 0.3 is 0 Å². The quantitative estimate of drug-likeness (QED) is 0.503. The number of hydrogen-bond donors (Lipinski definition) is 3. The molecule has 0 spiro atoms. The summed E-state index contributed by atoms with van der Waals surface area (Å²) in [6.07, 6.45) is 0.825. The van der Waals surface area contributed by atoms with Gasteiger partial charge in [0.1, 0.15) is 0 Å². The lowest BCUT2D eigenvalue weighted by Gasteiger charge is -2.06. The molecule has 1 aliphatic rings. The molecule has 3 N–H and O–H groups in total. The standard InChI is InChI=1S/C7H9NO2/c1-3-2-4-6(9)7(10)5(3)8-4/h3,8-10H,2H2,1H3. The number of fused-ring (bicyclic) bond motifs is 2. The first-order valence-electron chi connectivity index (χ1n) is 3.33. The zero-order chi connectivity index (χ0) is 7.30. The van der Waals surface area contributed by atoms with Gasteiger partial charge in [0.15, 0.2) is 11.5 Å². The Balaban J connectivity index is 2.63. The van der Waals surface area contributed by atoms with E-state index in [1.165, 1.54) is 0 Å². The van der Waals surface area contributed by atoms with Gasteiger partial charge in [-0.3, -0.25) is 0 Å². The average Bonchev–Trinajstić information content (AvgIpc) is 2.36. The first-order chi connectivity index (χ1) is 4.70. The molecule has 54 valence electrons. The lowest BCUT2D eigenvalue weighted by Crippen LogP contribution is -1.92. The second kappa shape index (κ2) is 1.48. The van der Waals surface area contributed by atoms with E-state index in [1.807, 2.05) is 6.92 Å². The normalized spacial score (nSPS) is 21.9. The molecule has 10 heavy (non-hydrogen) atoms. The number of rotatable bonds is 0. The molecule has 2 rings (SSSR count). The molecular formula is C7H9NO2. The van der Waals surface area contributed by atoms with Gasteiger partial charge in [-0.2, -0.15) is 0 Å². The molecule has 0 saturated heterocycles. The van der Waals surface area contributed by atoms with Gasteiger partial charge in [0.2, 0.25) is 0 Å². The minimum Gasteiger partial charge on any atom is -0.503 e. The van der Waals surface area contributed by atoms with E-state index in [1.54, 1.807) is 0 Å². The van der Waals surface area contributed by atoms with Crippen molar-refractivity contribution in [3.63, 3.8) is 0 Å². The van der Waals surface area contributed by atoms with Crippen molar-refractivity contribution in [1.82, 2.24) is 4.98 Å².